The number of carbonyl (C=O) groups excluding carboxylic acids is 2. The van der Waals surface area contributed by atoms with Crippen molar-refractivity contribution < 1.29 is 9.59 Å². The molecular weight excluding hydrogens is 474 g/mol. The SMILES string of the molecule is CC(=O)N1CC2=C(C1=O)C(c1cc3ccccc3nc1N(C)C)c1cn(CCC(C)C)c3cccc(c13)N2. The van der Waals surface area contributed by atoms with Crippen LogP contribution in [0.25, 0.3) is 21.8 Å². The van der Waals surface area contributed by atoms with E-state index in [-0.39, 0.29) is 24.3 Å². The second-order valence-electron chi connectivity index (χ2n) is 11.0. The summed E-state index contributed by atoms with van der Waals surface area (Å²) in [5.41, 5.74) is 6.45. The van der Waals surface area contributed by atoms with Gasteiger partial charge in [0.1, 0.15) is 5.82 Å². The molecule has 1 unspecified atom stereocenters. The Balaban J connectivity index is 1.67. The van der Waals surface area contributed by atoms with Crippen LogP contribution in [0.3, 0.4) is 0 Å². The smallest absolute Gasteiger partial charge is 0.259 e. The van der Waals surface area contributed by atoms with Crippen molar-refractivity contribution in [3.05, 3.63) is 77.1 Å². The molecule has 4 heterocycles. The number of nitrogens with one attached hydrogen (secondary N) is 1. The summed E-state index contributed by atoms with van der Waals surface area (Å²) in [5.74, 6) is 0.521. The van der Waals surface area contributed by atoms with E-state index in [0.29, 0.717) is 11.5 Å². The average Bonchev–Trinajstić information content (AvgIpc) is 3.36. The third-order valence-corrected chi connectivity index (χ3v) is 7.73. The summed E-state index contributed by atoms with van der Waals surface area (Å²) in [5, 5.41) is 5.72. The first-order valence-corrected chi connectivity index (χ1v) is 13.3. The van der Waals surface area contributed by atoms with E-state index >= 15 is 0 Å². The Morgan fingerprint density at radius 2 is 1.92 bits per heavy atom. The molecule has 2 amide bonds. The minimum atomic E-state index is -0.379. The number of hydrogen-bond acceptors (Lipinski definition) is 5. The number of rotatable bonds is 5. The van der Waals surface area contributed by atoms with Gasteiger partial charge < -0.3 is 14.8 Å². The molecule has 7 nitrogen and oxygen atoms in total. The number of aryl methyl sites for hydroxylation is 1. The summed E-state index contributed by atoms with van der Waals surface area (Å²) in [6, 6.07) is 16.5. The first kappa shape index (κ1) is 24.2. The molecular formula is C31H33N5O2. The van der Waals surface area contributed by atoms with Crippen molar-refractivity contribution in [2.75, 3.05) is 30.9 Å². The Labute approximate surface area is 222 Å². The lowest BCUT2D eigenvalue weighted by Gasteiger charge is -2.25. The lowest BCUT2D eigenvalue weighted by atomic mass is 9.84. The molecule has 194 valence electrons. The van der Waals surface area contributed by atoms with Gasteiger partial charge in [-0.05, 0) is 42.2 Å². The van der Waals surface area contributed by atoms with Crippen LogP contribution in [0, 0.1) is 5.92 Å². The molecule has 0 fully saturated rings. The van der Waals surface area contributed by atoms with Gasteiger partial charge in [-0.2, -0.15) is 0 Å². The minimum Gasteiger partial charge on any atom is -0.362 e. The minimum absolute atomic E-state index is 0.237. The maximum Gasteiger partial charge on any atom is 0.259 e. The molecule has 7 heteroatoms. The number of amides is 2. The van der Waals surface area contributed by atoms with Crippen molar-refractivity contribution in [3.63, 3.8) is 0 Å². The van der Waals surface area contributed by atoms with Crippen LogP contribution >= 0.6 is 0 Å². The zero-order valence-corrected chi connectivity index (χ0v) is 22.6. The maximum absolute atomic E-state index is 13.9. The van der Waals surface area contributed by atoms with Crippen molar-refractivity contribution in [2.24, 2.45) is 5.92 Å². The predicted molar refractivity (Wildman–Crippen MR) is 152 cm³/mol. The van der Waals surface area contributed by atoms with Gasteiger partial charge in [-0.15, -0.1) is 0 Å². The maximum atomic E-state index is 13.9. The molecule has 0 bridgehead atoms. The Bertz CT molecular complexity index is 1650. The van der Waals surface area contributed by atoms with E-state index in [1.807, 2.05) is 37.2 Å². The molecule has 1 N–H and O–H groups in total. The number of benzene rings is 2. The number of pyridine rings is 1. The largest absolute Gasteiger partial charge is 0.362 e. The van der Waals surface area contributed by atoms with Crippen molar-refractivity contribution >= 4 is 45.1 Å². The summed E-state index contributed by atoms with van der Waals surface area (Å²) >= 11 is 0. The fourth-order valence-electron chi connectivity index (χ4n) is 5.87. The molecule has 4 aromatic rings. The summed E-state index contributed by atoms with van der Waals surface area (Å²) in [7, 11) is 3.97. The lowest BCUT2D eigenvalue weighted by Crippen LogP contribution is -2.33. The summed E-state index contributed by atoms with van der Waals surface area (Å²) in [6.45, 7) is 7.06. The summed E-state index contributed by atoms with van der Waals surface area (Å²) in [4.78, 5) is 34.8. The first-order valence-electron chi connectivity index (χ1n) is 13.3. The molecule has 0 radical (unpaired) electrons. The van der Waals surface area contributed by atoms with Gasteiger partial charge in [0.05, 0.1) is 23.2 Å². The third kappa shape index (κ3) is 3.76. The van der Waals surface area contributed by atoms with Crippen molar-refractivity contribution in [1.82, 2.24) is 14.5 Å². The Morgan fingerprint density at radius 3 is 2.66 bits per heavy atom. The van der Waals surface area contributed by atoms with Gasteiger partial charge in [0.15, 0.2) is 0 Å². The molecule has 0 saturated heterocycles. The highest BCUT2D eigenvalue weighted by Gasteiger charge is 2.42. The molecule has 2 aliphatic rings. The fourth-order valence-corrected chi connectivity index (χ4v) is 5.87. The molecule has 2 aromatic carbocycles. The van der Waals surface area contributed by atoms with Gasteiger partial charge >= 0.3 is 0 Å². The first-order chi connectivity index (χ1) is 18.2. The van der Waals surface area contributed by atoms with Gasteiger partial charge in [0.2, 0.25) is 5.91 Å². The number of aromatic nitrogens is 2. The number of para-hydroxylation sites is 1. The van der Waals surface area contributed by atoms with E-state index < -0.39 is 0 Å². The number of hydrogen-bond donors (Lipinski definition) is 1. The monoisotopic (exact) mass is 507 g/mol. The zero-order chi connectivity index (χ0) is 26.7. The molecule has 2 aromatic heterocycles. The number of imide groups is 1. The number of nitrogens with zero attached hydrogens (tertiary/aromatic N) is 4. The fraction of sp³-hybridized carbons (Fsp3) is 0.323. The van der Waals surface area contributed by atoms with E-state index in [0.717, 1.165) is 63.1 Å². The molecule has 2 aliphatic heterocycles. The van der Waals surface area contributed by atoms with Crippen molar-refractivity contribution in [2.45, 2.75) is 39.7 Å². The van der Waals surface area contributed by atoms with Crippen molar-refractivity contribution in [1.29, 1.82) is 0 Å². The second kappa shape index (κ2) is 9.01. The van der Waals surface area contributed by atoms with Crippen LogP contribution in [0.5, 0.6) is 0 Å². The van der Waals surface area contributed by atoms with Gasteiger partial charge in [0.25, 0.3) is 5.91 Å². The predicted octanol–water partition coefficient (Wildman–Crippen LogP) is 5.50. The van der Waals surface area contributed by atoms with Crippen LogP contribution in [0.2, 0.25) is 0 Å². The molecule has 0 saturated carbocycles. The summed E-state index contributed by atoms with van der Waals surface area (Å²) in [6.07, 6.45) is 3.27. The van der Waals surface area contributed by atoms with Crippen LogP contribution in [0.15, 0.2) is 66.0 Å². The topological polar surface area (TPSA) is 70.5 Å². The van der Waals surface area contributed by atoms with Crippen LogP contribution in [0.1, 0.15) is 44.2 Å². The highest BCUT2D eigenvalue weighted by Crippen LogP contribution is 2.48. The van der Waals surface area contributed by atoms with Crippen LogP contribution in [0.4, 0.5) is 11.5 Å². The molecule has 0 aliphatic carbocycles. The average molecular weight is 508 g/mol. The van der Waals surface area contributed by atoms with Gasteiger partial charge in [0, 0.05) is 67.4 Å². The van der Waals surface area contributed by atoms with Gasteiger partial charge in [-0.25, -0.2) is 4.98 Å². The Kier molecular flexibility index (Phi) is 5.74. The molecule has 0 spiro atoms. The van der Waals surface area contributed by atoms with E-state index in [1.165, 1.54) is 11.8 Å². The quantitative estimate of drug-likeness (QED) is 0.386. The normalized spacial score (nSPS) is 16.8. The summed E-state index contributed by atoms with van der Waals surface area (Å²) < 4.78 is 2.32. The van der Waals surface area contributed by atoms with Crippen LogP contribution < -0.4 is 10.2 Å². The van der Waals surface area contributed by atoms with Gasteiger partial charge in [-0.1, -0.05) is 38.1 Å². The molecule has 1 atom stereocenters. The van der Waals surface area contributed by atoms with Crippen LogP contribution in [-0.2, 0) is 16.1 Å². The van der Waals surface area contributed by atoms with Crippen LogP contribution in [-0.4, -0.2) is 46.9 Å². The Hall–Kier alpha value is -4.13. The third-order valence-electron chi connectivity index (χ3n) is 7.73. The highest BCUT2D eigenvalue weighted by atomic mass is 16.2. The second-order valence-corrected chi connectivity index (χ2v) is 11.0. The molecule has 38 heavy (non-hydrogen) atoms. The number of anilines is 2. The van der Waals surface area contributed by atoms with Crippen molar-refractivity contribution in [3.8, 4) is 0 Å². The molecule has 6 rings (SSSR count). The van der Waals surface area contributed by atoms with Gasteiger partial charge in [-0.3, -0.25) is 14.5 Å². The number of fused-ring (bicyclic) bond motifs is 1. The Morgan fingerprint density at radius 1 is 1.13 bits per heavy atom. The standard InChI is InChI=1S/C31H33N5O2/c1-18(2)13-14-35-16-22-27(21-15-20-9-6-7-10-23(20)33-30(21)34(4)5)29-25(17-36(19(3)37)31(29)38)32-24-11-8-12-26(35)28(22)24/h6-12,15-16,18,27,32H,13-14,17H2,1-5H3. The van der Waals surface area contributed by atoms with E-state index in [2.05, 4.69) is 60.3 Å². The van der Waals surface area contributed by atoms with E-state index in [4.69, 9.17) is 4.98 Å². The van der Waals surface area contributed by atoms with E-state index in [1.54, 1.807) is 0 Å². The number of carbonyl (C=O) groups is 2. The highest BCUT2D eigenvalue weighted by molar-refractivity contribution is 6.11. The lowest BCUT2D eigenvalue weighted by molar-refractivity contribution is -0.139. The van der Waals surface area contributed by atoms with E-state index in [9.17, 15) is 9.59 Å². The zero-order valence-electron chi connectivity index (χ0n) is 22.6.